The van der Waals surface area contributed by atoms with Gasteiger partial charge in [0.15, 0.2) is 0 Å². The van der Waals surface area contributed by atoms with Crippen molar-refractivity contribution in [1.29, 1.82) is 0 Å². The number of aryl methyl sites for hydroxylation is 1. The van der Waals surface area contributed by atoms with E-state index in [-0.39, 0.29) is 11.5 Å². The summed E-state index contributed by atoms with van der Waals surface area (Å²) in [6.45, 7) is 3.67. The molecular weight excluding hydrogens is 398 g/mol. The van der Waals surface area contributed by atoms with Crippen molar-refractivity contribution in [3.8, 4) is 16.9 Å². The summed E-state index contributed by atoms with van der Waals surface area (Å²) < 4.78 is 6.52. The van der Waals surface area contributed by atoms with E-state index in [1.807, 2.05) is 37.3 Å². The minimum Gasteiger partial charge on any atom is -0.497 e. The molecule has 6 nitrogen and oxygen atoms in total. The van der Waals surface area contributed by atoms with E-state index >= 15 is 0 Å². The molecule has 2 aromatic carbocycles. The van der Waals surface area contributed by atoms with Crippen molar-refractivity contribution < 1.29 is 9.53 Å². The van der Waals surface area contributed by atoms with Crippen LogP contribution in [-0.4, -0.2) is 22.6 Å². The van der Waals surface area contributed by atoms with Gasteiger partial charge in [-0.05, 0) is 43.7 Å². The van der Waals surface area contributed by atoms with Crippen molar-refractivity contribution in [2.24, 2.45) is 0 Å². The van der Waals surface area contributed by atoms with E-state index in [9.17, 15) is 9.59 Å². The summed E-state index contributed by atoms with van der Waals surface area (Å²) in [4.78, 5) is 32.3. The number of hydrogen-bond acceptors (Lipinski definition) is 5. The summed E-state index contributed by atoms with van der Waals surface area (Å²) in [6.07, 6.45) is 1.45. The van der Waals surface area contributed by atoms with Crippen molar-refractivity contribution in [1.82, 2.24) is 9.55 Å². The number of nitrogens with zero attached hydrogens (tertiary/aromatic N) is 2. The highest BCUT2D eigenvalue weighted by atomic mass is 32.1. The Balaban J connectivity index is 1.71. The molecule has 4 rings (SSSR count). The van der Waals surface area contributed by atoms with Crippen LogP contribution in [0.3, 0.4) is 0 Å². The smallest absolute Gasteiger partial charge is 0.263 e. The van der Waals surface area contributed by atoms with Gasteiger partial charge in [-0.15, -0.1) is 11.3 Å². The van der Waals surface area contributed by atoms with Crippen LogP contribution in [-0.2, 0) is 4.79 Å². The van der Waals surface area contributed by atoms with Crippen LogP contribution in [0, 0.1) is 6.92 Å². The Hall–Kier alpha value is -3.45. The maximum absolute atomic E-state index is 13.4. The van der Waals surface area contributed by atoms with Gasteiger partial charge in [-0.3, -0.25) is 14.2 Å². The van der Waals surface area contributed by atoms with Crippen LogP contribution < -0.4 is 15.6 Å². The van der Waals surface area contributed by atoms with E-state index in [4.69, 9.17) is 4.74 Å². The van der Waals surface area contributed by atoms with Crippen LogP contribution in [0.1, 0.15) is 17.8 Å². The molecule has 1 atom stereocenters. The molecule has 4 aromatic rings. The molecule has 7 heteroatoms. The highest BCUT2D eigenvalue weighted by molar-refractivity contribution is 7.19. The van der Waals surface area contributed by atoms with Crippen molar-refractivity contribution in [3.05, 3.63) is 76.2 Å². The SMILES string of the molecule is COc1ccc(NC(=O)[C@@H](C)n2cnc3sc(C)c(-c4ccccc4)c3c2=O)cc1. The van der Waals surface area contributed by atoms with E-state index in [2.05, 4.69) is 10.3 Å². The number of thiophene rings is 1. The summed E-state index contributed by atoms with van der Waals surface area (Å²) in [5.74, 6) is 0.407. The third-order valence-corrected chi connectivity index (χ3v) is 6.04. The number of rotatable bonds is 5. The zero-order chi connectivity index (χ0) is 21.3. The Labute approximate surface area is 177 Å². The number of carbonyl (C=O) groups excluding carboxylic acids is 1. The zero-order valence-electron chi connectivity index (χ0n) is 16.9. The monoisotopic (exact) mass is 419 g/mol. The summed E-state index contributed by atoms with van der Waals surface area (Å²) in [6, 6.07) is 16.1. The molecule has 0 fully saturated rings. The summed E-state index contributed by atoms with van der Waals surface area (Å²) in [5, 5.41) is 3.39. The molecule has 0 aliphatic rings. The van der Waals surface area contributed by atoms with Crippen molar-refractivity contribution in [3.63, 3.8) is 0 Å². The highest BCUT2D eigenvalue weighted by Gasteiger charge is 2.22. The van der Waals surface area contributed by atoms with Crippen LogP contribution in [0.25, 0.3) is 21.3 Å². The minimum absolute atomic E-state index is 0.222. The average Bonchev–Trinajstić information content (AvgIpc) is 3.11. The summed E-state index contributed by atoms with van der Waals surface area (Å²) >= 11 is 1.49. The van der Waals surface area contributed by atoms with Gasteiger partial charge in [-0.25, -0.2) is 4.98 Å². The fourth-order valence-corrected chi connectivity index (χ4v) is 4.39. The second-order valence-corrected chi connectivity index (χ2v) is 8.13. The lowest BCUT2D eigenvalue weighted by Crippen LogP contribution is -2.31. The largest absolute Gasteiger partial charge is 0.497 e. The Morgan fingerprint density at radius 1 is 1.13 bits per heavy atom. The first-order valence-corrected chi connectivity index (χ1v) is 10.3. The van der Waals surface area contributed by atoms with E-state index in [0.717, 1.165) is 16.0 Å². The normalized spacial score (nSPS) is 12.0. The van der Waals surface area contributed by atoms with Crippen LogP contribution in [0.2, 0.25) is 0 Å². The topological polar surface area (TPSA) is 73.2 Å². The first-order chi connectivity index (χ1) is 14.5. The van der Waals surface area contributed by atoms with E-state index in [1.165, 1.54) is 22.2 Å². The van der Waals surface area contributed by atoms with Gasteiger partial charge in [-0.2, -0.15) is 0 Å². The molecule has 0 bridgehead atoms. The van der Waals surface area contributed by atoms with Crippen LogP contribution in [0.15, 0.2) is 65.7 Å². The number of anilines is 1. The van der Waals surface area contributed by atoms with E-state index < -0.39 is 6.04 Å². The van der Waals surface area contributed by atoms with Crippen LogP contribution >= 0.6 is 11.3 Å². The molecule has 1 amide bonds. The van der Waals surface area contributed by atoms with E-state index in [0.29, 0.717) is 21.7 Å². The first kappa shape index (κ1) is 19.8. The summed E-state index contributed by atoms with van der Waals surface area (Å²) in [7, 11) is 1.58. The third-order valence-electron chi connectivity index (χ3n) is 5.03. The highest BCUT2D eigenvalue weighted by Crippen LogP contribution is 2.35. The molecule has 0 spiro atoms. The molecule has 0 unspecified atom stereocenters. The van der Waals surface area contributed by atoms with Crippen LogP contribution in [0.4, 0.5) is 5.69 Å². The standard InChI is InChI=1S/C23H21N3O3S/c1-14(21(27)25-17-9-11-18(29-3)12-10-17)26-13-24-22-20(23(26)28)19(15(2)30-22)16-7-5-4-6-8-16/h4-14H,1-3H3,(H,25,27)/t14-/m1/s1. The Kier molecular flexibility index (Phi) is 5.37. The molecule has 0 aliphatic carbocycles. The third kappa shape index (κ3) is 3.59. The quantitative estimate of drug-likeness (QED) is 0.511. The molecular formula is C23H21N3O3S. The van der Waals surface area contributed by atoms with Gasteiger partial charge >= 0.3 is 0 Å². The Morgan fingerprint density at radius 3 is 2.50 bits per heavy atom. The maximum Gasteiger partial charge on any atom is 0.263 e. The molecule has 2 heterocycles. The number of fused-ring (bicyclic) bond motifs is 1. The number of ether oxygens (including phenoxy) is 1. The van der Waals surface area contributed by atoms with Crippen molar-refractivity contribution >= 4 is 33.1 Å². The molecule has 0 saturated carbocycles. The van der Waals surface area contributed by atoms with E-state index in [1.54, 1.807) is 38.3 Å². The fourth-order valence-electron chi connectivity index (χ4n) is 3.39. The molecule has 1 N–H and O–H groups in total. The molecule has 0 aliphatic heterocycles. The van der Waals surface area contributed by atoms with Gasteiger partial charge in [0.25, 0.3) is 5.56 Å². The minimum atomic E-state index is -0.722. The van der Waals surface area contributed by atoms with Gasteiger partial charge in [0.2, 0.25) is 5.91 Å². The predicted octanol–water partition coefficient (Wildman–Crippen LogP) is 4.64. The Morgan fingerprint density at radius 2 is 1.83 bits per heavy atom. The molecule has 2 aromatic heterocycles. The number of carbonyl (C=O) groups is 1. The molecule has 152 valence electrons. The lowest BCUT2D eigenvalue weighted by Gasteiger charge is -2.15. The van der Waals surface area contributed by atoms with Crippen molar-refractivity contribution in [2.45, 2.75) is 19.9 Å². The van der Waals surface area contributed by atoms with Gasteiger partial charge in [0.1, 0.15) is 16.6 Å². The fraction of sp³-hybridized carbons (Fsp3) is 0.174. The average molecular weight is 420 g/mol. The van der Waals surface area contributed by atoms with Crippen LogP contribution in [0.5, 0.6) is 5.75 Å². The molecule has 0 radical (unpaired) electrons. The molecule has 0 saturated heterocycles. The Bertz CT molecular complexity index is 1260. The predicted molar refractivity (Wildman–Crippen MR) is 120 cm³/mol. The number of nitrogens with one attached hydrogen (secondary N) is 1. The second kappa shape index (κ2) is 8.12. The maximum atomic E-state index is 13.4. The summed E-state index contributed by atoms with van der Waals surface area (Å²) in [5.41, 5.74) is 2.25. The number of hydrogen-bond donors (Lipinski definition) is 1. The lowest BCUT2D eigenvalue weighted by molar-refractivity contribution is -0.118. The number of amides is 1. The second-order valence-electron chi connectivity index (χ2n) is 6.93. The van der Waals surface area contributed by atoms with Gasteiger partial charge in [0, 0.05) is 16.1 Å². The number of aromatic nitrogens is 2. The number of benzene rings is 2. The van der Waals surface area contributed by atoms with Crippen molar-refractivity contribution in [2.75, 3.05) is 12.4 Å². The first-order valence-electron chi connectivity index (χ1n) is 9.50. The zero-order valence-corrected chi connectivity index (χ0v) is 17.7. The van der Waals surface area contributed by atoms with Gasteiger partial charge in [0.05, 0.1) is 18.8 Å². The van der Waals surface area contributed by atoms with Gasteiger partial charge < -0.3 is 10.1 Å². The van der Waals surface area contributed by atoms with Gasteiger partial charge in [-0.1, -0.05) is 30.3 Å². The molecule has 30 heavy (non-hydrogen) atoms. The number of methoxy groups -OCH3 is 1. The lowest BCUT2D eigenvalue weighted by atomic mass is 10.0.